The molecule has 27 heavy (non-hydrogen) atoms. The molecule has 1 amide bonds. The molecule has 0 unspecified atom stereocenters. The number of carbonyl (C=O) groups excluding carboxylic acids is 1. The van der Waals surface area contributed by atoms with Gasteiger partial charge in [0, 0.05) is 49.9 Å². The Morgan fingerprint density at radius 3 is 2.59 bits per heavy atom. The van der Waals surface area contributed by atoms with Crippen molar-refractivity contribution >= 4 is 11.7 Å². The fraction of sp³-hybridized carbons (Fsp3) is 0.450. The quantitative estimate of drug-likeness (QED) is 0.808. The number of rotatable bonds is 5. The molecule has 7 heteroatoms. The predicted octanol–water partition coefficient (Wildman–Crippen LogP) is 2.78. The molecule has 0 bridgehead atoms. The third-order valence-corrected chi connectivity index (χ3v) is 4.49. The number of benzene rings is 1. The van der Waals surface area contributed by atoms with E-state index in [4.69, 9.17) is 4.74 Å². The van der Waals surface area contributed by atoms with Crippen molar-refractivity contribution in [2.75, 3.05) is 37.7 Å². The summed E-state index contributed by atoms with van der Waals surface area (Å²) in [5, 5.41) is 0. The fourth-order valence-electron chi connectivity index (χ4n) is 2.97. The monoisotopic (exact) mass is 372 g/mol. The Kier molecular flexibility index (Phi) is 5.88. The standard InChI is InChI=1S/C20H25FN4O2/c1-14(2)20-22-15(3)11-18(23-20)24-7-9-25(10-8-24)19(26)13-27-17-6-4-5-16(21)12-17/h4-6,11-12,14H,7-10,13H2,1-3H3. The molecule has 0 aliphatic carbocycles. The lowest BCUT2D eigenvalue weighted by Gasteiger charge is -2.35. The number of hydrogen-bond donors (Lipinski definition) is 0. The molecular weight excluding hydrogens is 347 g/mol. The van der Waals surface area contributed by atoms with Gasteiger partial charge >= 0.3 is 0 Å². The summed E-state index contributed by atoms with van der Waals surface area (Å²) in [6.45, 7) is 8.66. The van der Waals surface area contributed by atoms with Crippen LogP contribution >= 0.6 is 0 Å². The van der Waals surface area contributed by atoms with Crippen LogP contribution in [0.4, 0.5) is 10.2 Å². The highest BCUT2D eigenvalue weighted by Crippen LogP contribution is 2.19. The molecule has 1 aromatic heterocycles. The number of anilines is 1. The van der Waals surface area contributed by atoms with Crippen molar-refractivity contribution in [2.45, 2.75) is 26.7 Å². The first-order chi connectivity index (χ1) is 12.9. The highest BCUT2D eigenvalue weighted by atomic mass is 19.1. The average molecular weight is 372 g/mol. The van der Waals surface area contributed by atoms with E-state index >= 15 is 0 Å². The van der Waals surface area contributed by atoms with Gasteiger partial charge in [-0.15, -0.1) is 0 Å². The van der Waals surface area contributed by atoms with Crippen LogP contribution in [0.2, 0.25) is 0 Å². The average Bonchev–Trinajstić information content (AvgIpc) is 2.66. The topological polar surface area (TPSA) is 58.6 Å². The molecule has 1 saturated heterocycles. The molecule has 1 aliphatic heterocycles. The Bertz CT molecular complexity index is 804. The van der Waals surface area contributed by atoms with Crippen LogP contribution in [-0.2, 0) is 4.79 Å². The molecule has 0 radical (unpaired) electrons. The minimum atomic E-state index is -0.380. The van der Waals surface area contributed by atoms with E-state index in [0.29, 0.717) is 31.9 Å². The van der Waals surface area contributed by atoms with E-state index in [1.807, 2.05) is 13.0 Å². The summed E-state index contributed by atoms with van der Waals surface area (Å²) >= 11 is 0. The Morgan fingerprint density at radius 1 is 1.19 bits per heavy atom. The van der Waals surface area contributed by atoms with E-state index in [-0.39, 0.29) is 24.2 Å². The largest absolute Gasteiger partial charge is 0.484 e. The smallest absolute Gasteiger partial charge is 0.260 e. The van der Waals surface area contributed by atoms with Crippen molar-refractivity contribution in [3.8, 4) is 5.75 Å². The van der Waals surface area contributed by atoms with Gasteiger partial charge < -0.3 is 14.5 Å². The van der Waals surface area contributed by atoms with Crippen molar-refractivity contribution in [3.63, 3.8) is 0 Å². The normalized spacial score (nSPS) is 14.6. The van der Waals surface area contributed by atoms with Gasteiger partial charge in [0.05, 0.1) is 0 Å². The molecule has 2 heterocycles. The second-order valence-corrected chi connectivity index (χ2v) is 6.99. The SMILES string of the molecule is Cc1cc(N2CCN(C(=O)COc3cccc(F)c3)CC2)nc(C(C)C)n1. The van der Waals surface area contributed by atoms with E-state index in [1.54, 1.807) is 17.0 Å². The Hall–Kier alpha value is -2.70. The van der Waals surface area contributed by atoms with Crippen molar-refractivity contribution in [1.82, 2.24) is 14.9 Å². The molecule has 0 atom stereocenters. The van der Waals surface area contributed by atoms with E-state index in [0.717, 1.165) is 17.3 Å². The predicted molar refractivity (Wildman–Crippen MR) is 102 cm³/mol. The molecule has 6 nitrogen and oxygen atoms in total. The number of nitrogens with zero attached hydrogens (tertiary/aromatic N) is 4. The lowest BCUT2D eigenvalue weighted by Crippen LogP contribution is -2.50. The van der Waals surface area contributed by atoms with Crippen LogP contribution in [0.1, 0.15) is 31.3 Å². The minimum absolute atomic E-state index is 0.0897. The van der Waals surface area contributed by atoms with Gasteiger partial charge in [0.1, 0.15) is 23.2 Å². The summed E-state index contributed by atoms with van der Waals surface area (Å²) in [4.78, 5) is 25.5. The van der Waals surface area contributed by atoms with Gasteiger partial charge in [-0.1, -0.05) is 19.9 Å². The number of aryl methyl sites for hydroxylation is 1. The van der Waals surface area contributed by atoms with Gasteiger partial charge in [0.25, 0.3) is 5.91 Å². The van der Waals surface area contributed by atoms with Gasteiger partial charge in [-0.2, -0.15) is 0 Å². The first kappa shape index (κ1) is 19.1. The third-order valence-electron chi connectivity index (χ3n) is 4.49. The molecule has 0 saturated carbocycles. The fourth-order valence-corrected chi connectivity index (χ4v) is 2.97. The maximum absolute atomic E-state index is 13.2. The lowest BCUT2D eigenvalue weighted by molar-refractivity contribution is -0.133. The number of hydrogen-bond acceptors (Lipinski definition) is 5. The highest BCUT2D eigenvalue weighted by Gasteiger charge is 2.23. The van der Waals surface area contributed by atoms with Gasteiger partial charge in [-0.3, -0.25) is 4.79 Å². The number of amides is 1. The van der Waals surface area contributed by atoms with Crippen molar-refractivity contribution in [2.24, 2.45) is 0 Å². The molecule has 1 aromatic carbocycles. The summed E-state index contributed by atoms with van der Waals surface area (Å²) < 4.78 is 18.6. The van der Waals surface area contributed by atoms with Gasteiger partial charge in [-0.25, -0.2) is 14.4 Å². The van der Waals surface area contributed by atoms with Crippen LogP contribution in [0.5, 0.6) is 5.75 Å². The summed E-state index contributed by atoms with van der Waals surface area (Å²) in [6.07, 6.45) is 0. The molecular formula is C20H25FN4O2. The second-order valence-electron chi connectivity index (χ2n) is 6.99. The summed E-state index contributed by atoms with van der Waals surface area (Å²) in [6, 6.07) is 7.79. The van der Waals surface area contributed by atoms with Crippen molar-refractivity contribution in [1.29, 1.82) is 0 Å². The van der Waals surface area contributed by atoms with Gasteiger partial charge in [0.2, 0.25) is 0 Å². The van der Waals surface area contributed by atoms with Gasteiger partial charge in [-0.05, 0) is 19.1 Å². The van der Waals surface area contributed by atoms with Crippen LogP contribution in [-0.4, -0.2) is 53.6 Å². The van der Waals surface area contributed by atoms with Crippen LogP contribution in [0, 0.1) is 12.7 Å². The first-order valence-corrected chi connectivity index (χ1v) is 9.19. The zero-order chi connectivity index (χ0) is 19.4. The third kappa shape index (κ3) is 4.93. The number of ether oxygens (including phenoxy) is 1. The summed E-state index contributed by atoms with van der Waals surface area (Å²) in [7, 11) is 0. The number of piperazine rings is 1. The highest BCUT2D eigenvalue weighted by molar-refractivity contribution is 5.78. The van der Waals surface area contributed by atoms with E-state index in [1.165, 1.54) is 12.1 Å². The second kappa shape index (κ2) is 8.33. The minimum Gasteiger partial charge on any atom is -0.484 e. The van der Waals surface area contributed by atoms with E-state index in [9.17, 15) is 9.18 Å². The van der Waals surface area contributed by atoms with Crippen LogP contribution in [0.15, 0.2) is 30.3 Å². The Morgan fingerprint density at radius 2 is 1.93 bits per heavy atom. The molecule has 1 fully saturated rings. The molecule has 0 N–H and O–H groups in total. The Labute approximate surface area is 159 Å². The van der Waals surface area contributed by atoms with Crippen molar-refractivity contribution < 1.29 is 13.9 Å². The van der Waals surface area contributed by atoms with E-state index < -0.39 is 0 Å². The van der Waals surface area contributed by atoms with Crippen LogP contribution in [0.25, 0.3) is 0 Å². The van der Waals surface area contributed by atoms with Gasteiger partial charge in [0.15, 0.2) is 6.61 Å². The van der Waals surface area contributed by atoms with Crippen LogP contribution < -0.4 is 9.64 Å². The zero-order valence-corrected chi connectivity index (χ0v) is 16.0. The molecule has 0 spiro atoms. The van der Waals surface area contributed by atoms with Crippen molar-refractivity contribution in [3.05, 3.63) is 47.7 Å². The lowest BCUT2D eigenvalue weighted by atomic mass is 10.2. The number of halogens is 1. The number of carbonyl (C=O) groups is 1. The molecule has 2 aromatic rings. The zero-order valence-electron chi connectivity index (χ0n) is 16.0. The summed E-state index contributed by atoms with van der Waals surface area (Å²) in [5.74, 6) is 1.91. The molecule has 144 valence electrons. The Balaban J connectivity index is 1.55. The summed E-state index contributed by atoms with van der Waals surface area (Å²) in [5.41, 5.74) is 0.950. The molecule has 1 aliphatic rings. The van der Waals surface area contributed by atoms with E-state index in [2.05, 4.69) is 28.7 Å². The molecule has 3 rings (SSSR count). The maximum atomic E-state index is 13.2. The maximum Gasteiger partial charge on any atom is 0.260 e. The van der Waals surface area contributed by atoms with Crippen LogP contribution in [0.3, 0.4) is 0 Å². The first-order valence-electron chi connectivity index (χ1n) is 9.19. The number of aromatic nitrogens is 2.